The molecule has 0 spiro atoms. The Bertz CT molecular complexity index is 328. The summed E-state index contributed by atoms with van der Waals surface area (Å²) in [6.45, 7) is 4.74. The van der Waals surface area contributed by atoms with Gasteiger partial charge in [0.15, 0.2) is 0 Å². The summed E-state index contributed by atoms with van der Waals surface area (Å²) in [5, 5.41) is 0. The van der Waals surface area contributed by atoms with E-state index in [0.717, 1.165) is 35.5 Å². The molecule has 3 aliphatic rings. The molecule has 3 rings (SSSR count). The molecule has 3 fully saturated rings. The van der Waals surface area contributed by atoms with Gasteiger partial charge in [-0.1, -0.05) is 71.6 Å². The molecule has 0 unspecified atom stereocenters. The highest BCUT2D eigenvalue weighted by Gasteiger charge is 2.34. The van der Waals surface area contributed by atoms with Crippen LogP contribution in [0.2, 0.25) is 0 Å². The van der Waals surface area contributed by atoms with Crippen molar-refractivity contribution in [1.29, 1.82) is 0 Å². The fourth-order valence-corrected chi connectivity index (χ4v) is 6.88. The Kier molecular flexibility index (Phi) is 7.54. The van der Waals surface area contributed by atoms with Crippen LogP contribution in [0.25, 0.3) is 0 Å². The summed E-state index contributed by atoms with van der Waals surface area (Å²) in [5.74, 6) is 6.60. The van der Waals surface area contributed by atoms with E-state index in [1.54, 1.807) is 70.6 Å². The normalized spacial score (nSPS) is 41.2. The van der Waals surface area contributed by atoms with Crippen LogP contribution in [-0.4, -0.2) is 0 Å². The first-order chi connectivity index (χ1) is 11.8. The first-order valence-corrected chi connectivity index (χ1v) is 11.8. The van der Waals surface area contributed by atoms with E-state index in [-0.39, 0.29) is 0 Å². The van der Waals surface area contributed by atoms with Gasteiger partial charge in [-0.05, 0) is 80.5 Å². The predicted molar refractivity (Wildman–Crippen MR) is 106 cm³/mol. The topological polar surface area (TPSA) is 0 Å². The molecule has 140 valence electrons. The maximum Gasteiger partial charge on any atom is -0.0383 e. The Labute approximate surface area is 152 Å². The van der Waals surface area contributed by atoms with Crippen molar-refractivity contribution in [3.63, 3.8) is 0 Å². The second kappa shape index (κ2) is 9.63. The minimum absolute atomic E-state index is 1.08. The lowest BCUT2D eigenvalue weighted by atomic mass is 9.64. The van der Waals surface area contributed by atoms with E-state index in [1.165, 1.54) is 32.1 Å². The van der Waals surface area contributed by atoms with E-state index >= 15 is 0 Å². The lowest BCUT2D eigenvalue weighted by Crippen LogP contribution is -2.30. The lowest BCUT2D eigenvalue weighted by molar-refractivity contribution is 0.0986. The summed E-state index contributed by atoms with van der Waals surface area (Å²) in [6, 6.07) is 0. The van der Waals surface area contributed by atoms with Gasteiger partial charge in [0.2, 0.25) is 0 Å². The molecule has 0 nitrogen and oxygen atoms in total. The molecule has 0 aliphatic heterocycles. The molecular weight excluding hydrogens is 288 g/mol. The van der Waals surface area contributed by atoms with E-state index in [0.29, 0.717) is 0 Å². The Hall–Kier alpha value is 0. The van der Waals surface area contributed by atoms with Gasteiger partial charge in [-0.3, -0.25) is 0 Å². The fraction of sp³-hybridized carbons (Fsp3) is 1.00. The monoisotopic (exact) mass is 332 g/mol. The van der Waals surface area contributed by atoms with Crippen LogP contribution in [0.15, 0.2) is 0 Å². The summed E-state index contributed by atoms with van der Waals surface area (Å²) in [6.07, 6.45) is 24.7. The molecule has 0 aromatic rings. The molecule has 0 heteroatoms. The van der Waals surface area contributed by atoms with Crippen LogP contribution < -0.4 is 0 Å². The SMILES string of the molecule is CCCC1CCC(C2CCC([C@@H]3CCC[C@H](CCC)C3)CC2)CC1. The number of hydrogen-bond acceptors (Lipinski definition) is 0. The molecule has 2 atom stereocenters. The zero-order chi connectivity index (χ0) is 16.8. The second-order valence-electron chi connectivity index (χ2n) is 9.83. The van der Waals surface area contributed by atoms with Gasteiger partial charge in [-0.15, -0.1) is 0 Å². The van der Waals surface area contributed by atoms with Crippen molar-refractivity contribution in [3.05, 3.63) is 0 Å². The van der Waals surface area contributed by atoms with Gasteiger partial charge >= 0.3 is 0 Å². The zero-order valence-electron chi connectivity index (χ0n) is 16.8. The third-order valence-corrected chi connectivity index (χ3v) is 8.26. The maximum absolute atomic E-state index is 2.38. The molecular formula is C24H44. The average molecular weight is 333 g/mol. The average Bonchev–Trinajstić information content (AvgIpc) is 2.63. The lowest BCUT2D eigenvalue weighted by Gasteiger charge is -2.41. The van der Waals surface area contributed by atoms with Gasteiger partial charge in [0.25, 0.3) is 0 Å². The summed E-state index contributed by atoms with van der Waals surface area (Å²) in [7, 11) is 0. The molecule has 0 heterocycles. The first kappa shape index (κ1) is 18.8. The molecule has 0 N–H and O–H groups in total. The fourth-order valence-electron chi connectivity index (χ4n) is 6.88. The van der Waals surface area contributed by atoms with E-state index < -0.39 is 0 Å². The van der Waals surface area contributed by atoms with Crippen LogP contribution in [-0.2, 0) is 0 Å². The van der Waals surface area contributed by atoms with Crippen LogP contribution in [0, 0.1) is 35.5 Å². The van der Waals surface area contributed by atoms with E-state index in [4.69, 9.17) is 0 Å². The van der Waals surface area contributed by atoms with E-state index in [9.17, 15) is 0 Å². The van der Waals surface area contributed by atoms with Crippen LogP contribution >= 0.6 is 0 Å². The van der Waals surface area contributed by atoms with Crippen molar-refractivity contribution < 1.29 is 0 Å². The standard InChI is InChI=1S/C24H44/c1-3-6-19-10-12-21(13-11-19)22-14-16-23(17-15-22)24-9-5-8-20(18-24)7-4-2/h19-24H,3-18H2,1-2H3/t19?,20-,21?,22?,23?,24+/m0/s1. The van der Waals surface area contributed by atoms with Crippen molar-refractivity contribution in [3.8, 4) is 0 Å². The Balaban J connectivity index is 1.39. The molecule has 0 aromatic carbocycles. The van der Waals surface area contributed by atoms with Crippen LogP contribution in [0.1, 0.15) is 117 Å². The van der Waals surface area contributed by atoms with Gasteiger partial charge in [0, 0.05) is 0 Å². The molecule has 3 aliphatic carbocycles. The molecule has 3 saturated carbocycles. The number of hydrogen-bond donors (Lipinski definition) is 0. The Morgan fingerprint density at radius 3 is 1.58 bits per heavy atom. The van der Waals surface area contributed by atoms with Gasteiger partial charge in [-0.2, -0.15) is 0 Å². The van der Waals surface area contributed by atoms with Crippen LogP contribution in [0.3, 0.4) is 0 Å². The number of rotatable bonds is 6. The molecule has 0 aromatic heterocycles. The third kappa shape index (κ3) is 5.01. The predicted octanol–water partition coefficient (Wildman–Crippen LogP) is 8.01. The Morgan fingerprint density at radius 1 is 0.500 bits per heavy atom. The van der Waals surface area contributed by atoms with Crippen molar-refractivity contribution in [1.82, 2.24) is 0 Å². The van der Waals surface area contributed by atoms with Gasteiger partial charge in [0.05, 0.1) is 0 Å². The zero-order valence-corrected chi connectivity index (χ0v) is 16.8. The minimum Gasteiger partial charge on any atom is -0.0654 e. The van der Waals surface area contributed by atoms with Crippen molar-refractivity contribution in [2.75, 3.05) is 0 Å². The molecule has 0 saturated heterocycles. The van der Waals surface area contributed by atoms with Gasteiger partial charge in [-0.25, -0.2) is 0 Å². The van der Waals surface area contributed by atoms with Crippen molar-refractivity contribution >= 4 is 0 Å². The van der Waals surface area contributed by atoms with Crippen LogP contribution in [0.4, 0.5) is 0 Å². The summed E-state index contributed by atoms with van der Waals surface area (Å²) >= 11 is 0. The largest absolute Gasteiger partial charge is 0.0654 e. The Morgan fingerprint density at radius 2 is 1.00 bits per heavy atom. The van der Waals surface area contributed by atoms with Gasteiger partial charge < -0.3 is 0 Å². The maximum atomic E-state index is 2.38. The quantitative estimate of drug-likeness (QED) is 0.462. The van der Waals surface area contributed by atoms with Crippen molar-refractivity contribution in [2.45, 2.75) is 117 Å². The molecule has 24 heavy (non-hydrogen) atoms. The molecule has 0 amide bonds. The van der Waals surface area contributed by atoms with Crippen LogP contribution in [0.5, 0.6) is 0 Å². The molecule has 0 radical (unpaired) electrons. The van der Waals surface area contributed by atoms with E-state index in [2.05, 4.69) is 13.8 Å². The second-order valence-corrected chi connectivity index (χ2v) is 9.83. The highest BCUT2D eigenvalue weighted by Crippen LogP contribution is 2.46. The van der Waals surface area contributed by atoms with Gasteiger partial charge in [0.1, 0.15) is 0 Å². The smallest absolute Gasteiger partial charge is 0.0383 e. The summed E-state index contributed by atoms with van der Waals surface area (Å²) in [4.78, 5) is 0. The molecule has 0 bridgehead atoms. The minimum atomic E-state index is 1.08. The highest BCUT2D eigenvalue weighted by molar-refractivity contribution is 4.86. The third-order valence-electron chi connectivity index (χ3n) is 8.26. The van der Waals surface area contributed by atoms with E-state index in [1.807, 2.05) is 0 Å². The first-order valence-electron chi connectivity index (χ1n) is 11.8. The van der Waals surface area contributed by atoms with Crippen molar-refractivity contribution in [2.24, 2.45) is 35.5 Å². The highest BCUT2D eigenvalue weighted by atomic mass is 14.4. The summed E-state index contributed by atoms with van der Waals surface area (Å²) in [5.41, 5.74) is 0. The summed E-state index contributed by atoms with van der Waals surface area (Å²) < 4.78 is 0.